The lowest BCUT2D eigenvalue weighted by Crippen LogP contribution is -2.74. The first kappa shape index (κ1) is 44.8. The van der Waals surface area contributed by atoms with Gasteiger partial charge in [0.2, 0.25) is 11.8 Å². The molecule has 3 heterocycles. The SMILES string of the molecule is COC(=O)Cc1cc(OCCCCCN2CCN(c3ccc(C(=O)N[C@H]4C(C)(C)[C@H](Oc5ccc(C#N)c(Cl)c5)C4(C)C)cn3)CC2)ccc1C(=O)NC1CCC(=O)NC1=O. The van der Waals surface area contributed by atoms with Gasteiger partial charge < -0.3 is 29.7 Å². The van der Waals surface area contributed by atoms with Crippen molar-refractivity contribution in [3.05, 3.63) is 82.0 Å². The number of nitriles is 1. The fraction of sp³-hybridized carbons (Fsp3) is 0.489. The summed E-state index contributed by atoms with van der Waals surface area (Å²) in [4.78, 5) is 71.6. The number of piperidine rings is 1. The van der Waals surface area contributed by atoms with E-state index in [4.69, 9.17) is 25.8 Å². The second-order valence-corrected chi connectivity index (χ2v) is 17.4. The van der Waals surface area contributed by atoms with E-state index >= 15 is 0 Å². The largest absolute Gasteiger partial charge is 0.494 e. The zero-order chi connectivity index (χ0) is 43.9. The van der Waals surface area contributed by atoms with Crippen molar-refractivity contribution in [3.63, 3.8) is 0 Å². The van der Waals surface area contributed by atoms with Gasteiger partial charge in [0.05, 0.1) is 36.3 Å². The van der Waals surface area contributed by atoms with Gasteiger partial charge in [0, 0.05) is 67.3 Å². The molecule has 324 valence electrons. The number of halogens is 1. The number of rotatable bonds is 16. The first-order chi connectivity index (χ1) is 29.1. The minimum atomic E-state index is -0.840. The molecule has 6 rings (SSSR count). The zero-order valence-electron chi connectivity index (χ0n) is 35.3. The molecule has 3 aromatic rings. The molecule has 1 saturated carbocycles. The highest BCUT2D eigenvalue weighted by Crippen LogP contribution is 2.55. The van der Waals surface area contributed by atoms with E-state index in [-0.39, 0.29) is 59.6 Å². The van der Waals surface area contributed by atoms with Gasteiger partial charge >= 0.3 is 5.97 Å². The molecule has 2 aromatic carbocycles. The Morgan fingerprint density at radius 1 is 0.934 bits per heavy atom. The van der Waals surface area contributed by atoms with Crippen LogP contribution in [0.3, 0.4) is 0 Å². The Bertz CT molecular complexity index is 2150. The molecule has 2 saturated heterocycles. The summed E-state index contributed by atoms with van der Waals surface area (Å²) >= 11 is 6.24. The molecule has 1 atom stereocenters. The van der Waals surface area contributed by atoms with Gasteiger partial charge in [0.25, 0.3) is 11.8 Å². The monoisotopic (exact) mass is 855 g/mol. The number of piperazine rings is 1. The summed E-state index contributed by atoms with van der Waals surface area (Å²) in [5.74, 6) is -0.218. The second kappa shape index (κ2) is 19.3. The molecule has 1 aromatic heterocycles. The van der Waals surface area contributed by atoms with Crippen molar-refractivity contribution in [3.8, 4) is 17.6 Å². The number of pyridine rings is 1. The summed E-state index contributed by atoms with van der Waals surface area (Å²) < 4.78 is 17.2. The van der Waals surface area contributed by atoms with E-state index in [1.54, 1.807) is 42.6 Å². The molecule has 4 amide bonds. The van der Waals surface area contributed by atoms with Crippen molar-refractivity contribution in [2.24, 2.45) is 10.8 Å². The molecular formula is C45H54ClN7O8. The fourth-order valence-electron chi connectivity index (χ4n) is 8.85. The second-order valence-electron chi connectivity index (χ2n) is 17.0. The molecule has 0 bridgehead atoms. The molecular weight excluding hydrogens is 802 g/mol. The summed E-state index contributed by atoms with van der Waals surface area (Å²) in [6.45, 7) is 13.2. The maximum absolute atomic E-state index is 13.4. The maximum atomic E-state index is 13.4. The average Bonchev–Trinajstić information content (AvgIpc) is 3.24. The van der Waals surface area contributed by atoms with Crippen LogP contribution in [0.25, 0.3) is 0 Å². The minimum absolute atomic E-state index is 0.131. The lowest BCUT2D eigenvalue weighted by molar-refractivity contribution is -0.164. The average molecular weight is 856 g/mol. The molecule has 1 aliphatic carbocycles. The Kier molecular flexibility index (Phi) is 14.2. The predicted octanol–water partition coefficient (Wildman–Crippen LogP) is 4.84. The van der Waals surface area contributed by atoms with Gasteiger partial charge in [-0.2, -0.15) is 5.26 Å². The van der Waals surface area contributed by atoms with Gasteiger partial charge in [-0.15, -0.1) is 0 Å². The molecule has 0 spiro atoms. The van der Waals surface area contributed by atoms with Crippen LogP contribution in [0.1, 0.15) is 91.6 Å². The standard InChI is InChI=1S/C45H54ClN7O8/c1-44(2)42(45(3,4)43(44)61-32-11-9-28(26-47)34(46)25-32)51-39(56)29-10-15-36(48-27-29)53-20-18-52(19-21-53)17-7-6-8-22-60-31-12-13-33(30(23-31)24-38(55)59-5)40(57)49-35-14-16-37(54)50-41(35)58/h9-13,15,23,25,27,35,42-43H,6-8,14,16-22,24H2,1-5H3,(H,49,57)(H,51,56)(H,50,54,58)/t35?,42-,43-. The van der Waals surface area contributed by atoms with Gasteiger partial charge in [-0.05, 0) is 80.3 Å². The van der Waals surface area contributed by atoms with E-state index in [2.05, 4.69) is 64.5 Å². The van der Waals surface area contributed by atoms with Crippen LogP contribution in [-0.2, 0) is 25.5 Å². The molecule has 2 aliphatic heterocycles. The number of carbonyl (C=O) groups excluding carboxylic acids is 5. The van der Waals surface area contributed by atoms with Crippen LogP contribution in [-0.4, -0.2) is 104 Å². The number of unbranched alkanes of at least 4 members (excludes halogenated alkanes) is 2. The van der Waals surface area contributed by atoms with Gasteiger partial charge in [0.15, 0.2) is 0 Å². The summed E-state index contributed by atoms with van der Waals surface area (Å²) in [6.07, 6.45) is 4.42. The van der Waals surface area contributed by atoms with E-state index in [9.17, 15) is 29.2 Å². The zero-order valence-corrected chi connectivity index (χ0v) is 36.1. The summed E-state index contributed by atoms with van der Waals surface area (Å²) in [6, 6.07) is 14.7. The van der Waals surface area contributed by atoms with Crippen molar-refractivity contribution >= 4 is 47.0 Å². The first-order valence-electron chi connectivity index (χ1n) is 20.7. The lowest BCUT2D eigenvalue weighted by atomic mass is 9.49. The Morgan fingerprint density at radius 2 is 1.67 bits per heavy atom. The number of hydrogen-bond acceptors (Lipinski definition) is 12. The molecule has 0 radical (unpaired) electrons. The van der Waals surface area contributed by atoms with Crippen molar-refractivity contribution in [2.75, 3.05) is 51.3 Å². The fourth-order valence-corrected chi connectivity index (χ4v) is 9.06. The topological polar surface area (TPSA) is 192 Å². The van der Waals surface area contributed by atoms with Gasteiger partial charge in [0.1, 0.15) is 35.5 Å². The highest BCUT2D eigenvalue weighted by molar-refractivity contribution is 6.31. The predicted molar refractivity (Wildman–Crippen MR) is 227 cm³/mol. The third kappa shape index (κ3) is 10.6. The third-order valence-corrected chi connectivity index (χ3v) is 12.3. The summed E-state index contributed by atoms with van der Waals surface area (Å²) in [7, 11) is 1.27. The molecule has 61 heavy (non-hydrogen) atoms. The number of hydrogen-bond donors (Lipinski definition) is 3. The van der Waals surface area contributed by atoms with E-state index < -0.39 is 23.8 Å². The van der Waals surface area contributed by atoms with Crippen LogP contribution in [0.2, 0.25) is 5.02 Å². The lowest BCUT2D eigenvalue weighted by Gasteiger charge is -2.63. The van der Waals surface area contributed by atoms with Crippen LogP contribution < -0.4 is 30.3 Å². The van der Waals surface area contributed by atoms with Crippen molar-refractivity contribution in [1.29, 1.82) is 5.26 Å². The van der Waals surface area contributed by atoms with Crippen molar-refractivity contribution < 1.29 is 38.2 Å². The number of anilines is 1. The van der Waals surface area contributed by atoms with Crippen molar-refractivity contribution in [1.82, 2.24) is 25.8 Å². The highest BCUT2D eigenvalue weighted by Gasteiger charge is 2.64. The van der Waals surface area contributed by atoms with E-state index in [0.29, 0.717) is 39.8 Å². The molecule has 3 N–H and O–H groups in total. The Balaban J connectivity index is 0.902. The van der Waals surface area contributed by atoms with Crippen LogP contribution in [0.5, 0.6) is 11.5 Å². The number of benzene rings is 2. The normalized spacial score (nSPS) is 20.7. The molecule has 15 nitrogen and oxygen atoms in total. The number of nitrogens with zero attached hydrogens (tertiary/aromatic N) is 4. The number of amides is 4. The number of ether oxygens (including phenoxy) is 3. The quantitative estimate of drug-likeness (QED) is 0.101. The number of aromatic nitrogens is 1. The smallest absolute Gasteiger partial charge is 0.310 e. The first-order valence-corrected chi connectivity index (χ1v) is 21.1. The van der Waals surface area contributed by atoms with Gasteiger partial charge in [-0.1, -0.05) is 39.3 Å². The van der Waals surface area contributed by atoms with Gasteiger partial charge in [-0.3, -0.25) is 34.2 Å². The summed E-state index contributed by atoms with van der Waals surface area (Å²) in [5, 5.41) is 17.7. The highest BCUT2D eigenvalue weighted by atomic mass is 35.5. The number of esters is 1. The third-order valence-electron chi connectivity index (χ3n) is 12.0. The van der Waals surface area contributed by atoms with Crippen LogP contribution in [0.15, 0.2) is 54.7 Å². The number of imide groups is 1. The number of carbonyl (C=O) groups is 5. The van der Waals surface area contributed by atoms with E-state index in [1.807, 2.05) is 12.1 Å². The Hall–Kier alpha value is -5.72. The van der Waals surface area contributed by atoms with Crippen LogP contribution >= 0.6 is 11.6 Å². The van der Waals surface area contributed by atoms with Crippen LogP contribution in [0.4, 0.5) is 5.82 Å². The number of methoxy groups -OCH3 is 1. The minimum Gasteiger partial charge on any atom is -0.494 e. The number of nitrogens with one attached hydrogen (secondary N) is 3. The van der Waals surface area contributed by atoms with E-state index in [0.717, 1.165) is 57.8 Å². The van der Waals surface area contributed by atoms with Crippen LogP contribution in [0, 0.1) is 22.2 Å². The van der Waals surface area contributed by atoms with Gasteiger partial charge in [-0.25, -0.2) is 4.98 Å². The molecule has 3 aliphatic rings. The Labute approximate surface area is 361 Å². The summed E-state index contributed by atoms with van der Waals surface area (Å²) in [5.41, 5.74) is 0.771. The molecule has 3 fully saturated rings. The maximum Gasteiger partial charge on any atom is 0.310 e. The van der Waals surface area contributed by atoms with E-state index in [1.165, 1.54) is 7.11 Å². The Morgan fingerprint density at radius 3 is 2.33 bits per heavy atom. The van der Waals surface area contributed by atoms with Crippen molar-refractivity contribution in [2.45, 2.75) is 84.4 Å². The molecule has 16 heteroatoms. The molecule has 1 unspecified atom stereocenters.